The number of halogens is 1. The van der Waals surface area contributed by atoms with Gasteiger partial charge in [0.15, 0.2) is 11.5 Å². The van der Waals surface area contributed by atoms with Crippen molar-refractivity contribution in [2.24, 2.45) is 0 Å². The van der Waals surface area contributed by atoms with Gasteiger partial charge in [-0.2, -0.15) is 0 Å². The van der Waals surface area contributed by atoms with Crippen LogP contribution >= 0.6 is 22.6 Å². The van der Waals surface area contributed by atoms with Gasteiger partial charge in [0.2, 0.25) is 0 Å². The molecule has 8 heteroatoms. The number of benzene rings is 2. The number of carbonyl (C=O) groups is 3. The fourth-order valence-electron chi connectivity index (χ4n) is 3.35. The number of aryl methyl sites for hydroxylation is 1. The second-order valence-electron chi connectivity index (χ2n) is 7.05. The van der Waals surface area contributed by atoms with E-state index in [1.807, 2.05) is 39.0 Å². The Morgan fingerprint density at radius 1 is 1.06 bits per heavy atom. The van der Waals surface area contributed by atoms with Crippen LogP contribution in [-0.2, 0) is 16.0 Å². The van der Waals surface area contributed by atoms with Crippen molar-refractivity contribution in [1.82, 2.24) is 5.32 Å². The van der Waals surface area contributed by atoms with Crippen LogP contribution in [0.2, 0.25) is 0 Å². The van der Waals surface area contributed by atoms with E-state index < -0.39 is 17.8 Å². The van der Waals surface area contributed by atoms with Crippen LogP contribution in [0, 0.1) is 3.57 Å². The zero-order valence-electron chi connectivity index (χ0n) is 18.2. The van der Waals surface area contributed by atoms with E-state index in [1.54, 1.807) is 18.2 Å². The van der Waals surface area contributed by atoms with Crippen LogP contribution in [0.5, 0.6) is 11.5 Å². The second-order valence-corrected chi connectivity index (χ2v) is 8.21. The van der Waals surface area contributed by atoms with E-state index in [9.17, 15) is 14.4 Å². The summed E-state index contributed by atoms with van der Waals surface area (Å²) in [6, 6.07) is 9.91. The number of nitrogens with zero attached hydrogens (tertiary/aromatic N) is 1. The molecule has 7 nitrogen and oxygen atoms in total. The Balaban J connectivity index is 2.04. The lowest BCUT2D eigenvalue weighted by atomic mass is 10.0. The van der Waals surface area contributed by atoms with E-state index in [1.165, 1.54) is 6.08 Å². The van der Waals surface area contributed by atoms with Crippen LogP contribution in [0.3, 0.4) is 0 Å². The number of amides is 4. The normalized spacial score (nSPS) is 15.2. The third kappa shape index (κ3) is 4.95. The van der Waals surface area contributed by atoms with E-state index >= 15 is 0 Å². The number of imide groups is 2. The van der Waals surface area contributed by atoms with Gasteiger partial charge in [0.05, 0.1) is 22.5 Å². The summed E-state index contributed by atoms with van der Waals surface area (Å²) in [5, 5.41) is 2.27. The Bertz CT molecular complexity index is 1080. The molecule has 0 spiro atoms. The van der Waals surface area contributed by atoms with Gasteiger partial charge in [-0.15, -0.1) is 0 Å². The molecule has 0 bridgehead atoms. The van der Waals surface area contributed by atoms with E-state index in [-0.39, 0.29) is 5.57 Å². The number of nitrogens with one attached hydrogen (secondary N) is 1. The lowest BCUT2D eigenvalue weighted by Crippen LogP contribution is -2.54. The van der Waals surface area contributed by atoms with Crippen molar-refractivity contribution in [2.75, 3.05) is 18.1 Å². The Kier molecular flexibility index (Phi) is 7.89. The Morgan fingerprint density at radius 3 is 2.50 bits per heavy atom. The number of hydrogen-bond acceptors (Lipinski definition) is 5. The SMILES string of the molecule is CCCOc1c(I)cc(/C=C2/C(=O)NC(=O)N(c3ccccc3CC)C2=O)cc1OCC. The molecular formula is C24H25IN2O5. The van der Waals surface area contributed by atoms with Crippen LogP contribution in [0.15, 0.2) is 42.0 Å². The predicted molar refractivity (Wildman–Crippen MR) is 131 cm³/mol. The molecule has 0 atom stereocenters. The number of hydrogen-bond donors (Lipinski definition) is 1. The molecule has 1 aliphatic rings. The number of barbiturate groups is 1. The molecule has 3 rings (SSSR count). The third-order valence-corrected chi connectivity index (χ3v) is 5.61. The maximum Gasteiger partial charge on any atom is 0.335 e. The smallest absolute Gasteiger partial charge is 0.335 e. The largest absolute Gasteiger partial charge is 0.490 e. The average molecular weight is 548 g/mol. The van der Waals surface area contributed by atoms with Gasteiger partial charge in [0, 0.05) is 0 Å². The maximum absolute atomic E-state index is 13.2. The van der Waals surface area contributed by atoms with Crippen molar-refractivity contribution in [2.45, 2.75) is 33.6 Å². The molecule has 0 unspecified atom stereocenters. The summed E-state index contributed by atoms with van der Waals surface area (Å²) in [6.45, 7) is 6.81. The molecule has 1 saturated heterocycles. The highest BCUT2D eigenvalue weighted by atomic mass is 127. The minimum absolute atomic E-state index is 0.129. The summed E-state index contributed by atoms with van der Waals surface area (Å²) in [6.07, 6.45) is 2.96. The van der Waals surface area contributed by atoms with Crippen LogP contribution in [0.25, 0.3) is 6.08 Å². The van der Waals surface area contributed by atoms with Gasteiger partial charge in [0.1, 0.15) is 5.57 Å². The van der Waals surface area contributed by atoms with Gasteiger partial charge in [-0.25, -0.2) is 9.69 Å². The van der Waals surface area contributed by atoms with Crippen molar-refractivity contribution in [3.63, 3.8) is 0 Å². The Morgan fingerprint density at radius 2 is 1.81 bits per heavy atom. The Hall–Kier alpha value is -2.88. The summed E-state index contributed by atoms with van der Waals surface area (Å²) in [5.41, 5.74) is 1.76. The van der Waals surface area contributed by atoms with Crippen LogP contribution in [0.1, 0.15) is 38.3 Å². The summed E-state index contributed by atoms with van der Waals surface area (Å²) >= 11 is 2.14. The molecule has 1 fully saturated rings. The molecule has 168 valence electrons. The first-order chi connectivity index (χ1) is 15.4. The van der Waals surface area contributed by atoms with Crippen molar-refractivity contribution in [3.8, 4) is 11.5 Å². The quantitative estimate of drug-likeness (QED) is 0.294. The van der Waals surface area contributed by atoms with Crippen molar-refractivity contribution in [3.05, 3.63) is 56.7 Å². The molecular weight excluding hydrogens is 523 g/mol. The zero-order valence-corrected chi connectivity index (χ0v) is 20.4. The molecule has 1 N–H and O–H groups in total. The van der Waals surface area contributed by atoms with Gasteiger partial charge in [-0.1, -0.05) is 32.0 Å². The molecule has 1 heterocycles. The molecule has 2 aromatic rings. The van der Waals surface area contributed by atoms with E-state index in [4.69, 9.17) is 9.47 Å². The minimum atomic E-state index is -0.758. The highest BCUT2D eigenvalue weighted by molar-refractivity contribution is 14.1. The number of ether oxygens (including phenoxy) is 2. The Labute approximate surface area is 200 Å². The molecule has 32 heavy (non-hydrogen) atoms. The summed E-state index contributed by atoms with van der Waals surface area (Å²) in [7, 11) is 0. The first-order valence-electron chi connectivity index (χ1n) is 10.5. The van der Waals surface area contributed by atoms with E-state index in [0.29, 0.717) is 42.4 Å². The predicted octanol–water partition coefficient (Wildman–Crippen LogP) is 4.71. The summed E-state index contributed by atoms with van der Waals surface area (Å²) in [5.74, 6) is -0.236. The van der Waals surface area contributed by atoms with Crippen molar-refractivity contribution >= 4 is 52.2 Å². The van der Waals surface area contributed by atoms with Gasteiger partial charge in [-0.05, 0) is 77.8 Å². The lowest BCUT2D eigenvalue weighted by molar-refractivity contribution is -0.122. The maximum atomic E-state index is 13.2. The number of carbonyl (C=O) groups excluding carboxylic acids is 3. The monoisotopic (exact) mass is 548 g/mol. The molecule has 0 radical (unpaired) electrons. The van der Waals surface area contributed by atoms with Crippen molar-refractivity contribution in [1.29, 1.82) is 0 Å². The second kappa shape index (κ2) is 10.6. The lowest BCUT2D eigenvalue weighted by Gasteiger charge is -2.28. The molecule has 0 aromatic heterocycles. The van der Waals surface area contributed by atoms with Gasteiger partial charge in [0.25, 0.3) is 11.8 Å². The van der Waals surface area contributed by atoms with Crippen molar-refractivity contribution < 1.29 is 23.9 Å². The van der Waals surface area contributed by atoms with Crippen LogP contribution in [0.4, 0.5) is 10.5 Å². The van der Waals surface area contributed by atoms with Crippen LogP contribution < -0.4 is 19.7 Å². The van der Waals surface area contributed by atoms with Crippen LogP contribution in [-0.4, -0.2) is 31.1 Å². The zero-order chi connectivity index (χ0) is 23.3. The number of rotatable bonds is 8. The summed E-state index contributed by atoms with van der Waals surface area (Å²) < 4.78 is 12.3. The number of urea groups is 1. The average Bonchev–Trinajstić information content (AvgIpc) is 2.76. The molecule has 0 saturated carbocycles. The fraction of sp³-hybridized carbons (Fsp3) is 0.292. The van der Waals surface area contributed by atoms with Gasteiger partial charge in [-0.3, -0.25) is 14.9 Å². The molecule has 4 amide bonds. The molecule has 1 aliphatic heterocycles. The van der Waals surface area contributed by atoms with E-state index in [0.717, 1.165) is 20.5 Å². The highest BCUT2D eigenvalue weighted by Crippen LogP contribution is 2.35. The van der Waals surface area contributed by atoms with E-state index in [2.05, 4.69) is 27.9 Å². The topological polar surface area (TPSA) is 84.9 Å². The first-order valence-corrected chi connectivity index (χ1v) is 11.6. The minimum Gasteiger partial charge on any atom is -0.490 e. The number of anilines is 1. The molecule has 0 aliphatic carbocycles. The summed E-state index contributed by atoms with van der Waals surface area (Å²) in [4.78, 5) is 39.3. The third-order valence-electron chi connectivity index (χ3n) is 4.81. The number of para-hydroxylation sites is 1. The molecule has 2 aromatic carbocycles. The fourth-order valence-corrected chi connectivity index (χ4v) is 4.13. The van der Waals surface area contributed by atoms with Gasteiger partial charge < -0.3 is 9.47 Å². The highest BCUT2D eigenvalue weighted by Gasteiger charge is 2.37. The first kappa shape index (κ1) is 23.8. The standard InChI is InChI=1S/C24H25IN2O5/c1-4-11-32-21-18(25)13-15(14-20(21)31-6-3)12-17-22(28)26-24(30)27(23(17)29)19-10-8-7-9-16(19)5-2/h7-10,12-14H,4-6,11H2,1-3H3,(H,26,28,30)/b17-12-. The van der Waals surface area contributed by atoms with Gasteiger partial charge >= 0.3 is 6.03 Å².